The van der Waals surface area contributed by atoms with Gasteiger partial charge in [0, 0.05) is 39.9 Å². The van der Waals surface area contributed by atoms with Crippen LogP contribution in [0.4, 0.5) is 5.82 Å². The zero-order valence-corrected chi connectivity index (χ0v) is 11.3. The lowest BCUT2D eigenvalue weighted by atomic mass is 10.2. The van der Waals surface area contributed by atoms with Crippen molar-refractivity contribution in [3.05, 3.63) is 18.1 Å². The molecule has 1 atom stereocenters. The number of aromatic nitrogens is 2. The normalized spacial score (nSPS) is 12.1. The van der Waals surface area contributed by atoms with E-state index in [0.29, 0.717) is 17.9 Å². The topological polar surface area (TPSA) is 69.6 Å². The van der Waals surface area contributed by atoms with Crippen LogP contribution in [-0.4, -0.2) is 59.7 Å². The summed E-state index contributed by atoms with van der Waals surface area (Å²) in [5.41, 5.74) is 0.369. The minimum Gasteiger partial charge on any atom is -0.396 e. The first-order valence-corrected chi connectivity index (χ1v) is 5.84. The van der Waals surface area contributed by atoms with E-state index in [4.69, 9.17) is 5.11 Å². The van der Waals surface area contributed by atoms with Crippen molar-refractivity contribution in [1.29, 1.82) is 0 Å². The van der Waals surface area contributed by atoms with Crippen LogP contribution in [0.25, 0.3) is 0 Å². The zero-order chi connectivity index (χ0) is 13.7. The molecule has 0 aliphatic heterocycles. The molecule has 0 aliphatic rings. The average molecular weight is 252 g/mol. The van der Waals surface area contributed by atoms with Gasteiger partial charge in [0.15, 0.2) is 0 Å². The van der Waals surface area contributed by atoms with Crippen LogP contribution in [0.2, 0.25) is 0 Å². The molecule has 1 aromatic rings. The molecular weight excluding hydrogens is 232 g/mol. The Labute approximate surface area is 107 Å². The molecule has 6 heteroatoms. The molecule has 1 heterocycles. The maximum atomic E-state index is 11.8. The summed E-state index contributed by atoms with van der Waals surface area (Å²) in [7, 11) is 5.25. The van der Waals surface area contributed by atoms with E-state index in [1.165, 1.54) is 11.2 Å². The standard InChI is InChI=1S/C12H20N4O2/c1-9(5-6-17)16(4)11-7-10(13-8-14-11)12(18)15(2)3/h7-9,17H,5-6H2,1-4H3. The predicted octanol–water partition coefficient (Wildman–Crippen LogP) is 0.385. The Hall–Kier alpha value is -1.69. The molecule has 0 saturated carbocycles. The molecule has 0 fully saturated rings. The number of hydrogen-bond acceptors (Lipinski definition) is 5. The van der Waals surface area contributed by atoms with Gasteiger partial charge in [0.05, 0.1) is 0 Å². The third-order valence-corrected chi connectivity index (χ3v) is 2.85. The quantitative estimate of drug-likeness (QED) is 0.820. The van der Waals surface area contributed by atoms with E-state index in [0.717, 1.165) is 0 Å². The highest BCUT2D eigenvalue weighted by atomic mass is 16.3. The van der Waals surface area contributed by atoms with Crippen LogP contribution >= 0.6 is 0 Å². The fourth-order valence-corrected chi connectivity index (χ4v) is 1.49. The maximum Gasteiger partial charge on any atom is 0.272 e. The monoisotopic (exact) mass is 252 g/mol. The van der Waals surface area contributed by atoms with Crippen LogP contribution in [-0.2, 0) is 0 Å². The van der Waals surface area contributed by atoms with Crippen molar-refractivity contribution in [3.8, 4) is 0 Å². The molecule has 1 unspecified atom stereocenters. The first-order chi connectivity index (χ1) is 8.47. The second-order valence-corrected chi connectivity index (χ2v) is 4.43. The van der Waals surface area contributed by atoms with Gasteiger partial charge < -0.3 is 14.9 Å². The van der Waals surface area contributed by atoms with Crippen molar-refractivity contribution in [3.63, 3.8) is 0 Å². The van der Waals surface area contributed by atoms with Crippen LogP contribution in [0.1, 0.15) is 23.8 Å². The Morgan fingerprint density at radius 1 is 1.39 bits per heavy atom. The summed E-state index contributed by atoms with van der Waals surface area (Å²) in [5.74, 6) is 0.526. The van der Waals surface area contributed by atoms with Gasteiger partial charge in [0.25, 0.3) is 5.91 Å². The van der Waals surface area contributed by atoms with E-state index < -0.39 is 0 Å². The first kappa shape index (κ1) is 14.4. The number of nitrogens with zero attached hydrogens (tertiary/aromatic N) is 4. The van der Waals surface area contributed by atoms with Gasteiger partial charge in [0.2, 0.25) is 0 Å². The van der Waals surface area contributed by atoms with Gasteiger partial charge in [-0.25, -0.2) is 9.97 Å². The molecule has 0 saturated heterocycles. The number of aliphatic hydroxyl groups excluding tert-OH is 1. The molecule has 1 aromatic heterocycles. The van der Waals surface area contributed by atoms with Gasteiger partial charge in [-0.15, -0.1) is 0 Å². The Morgan fingerprint density at radius 2 is 2.06 bits per heavy atom. The van der Waals surface area contributed by atoms with E-state index in [-0.39, 0.29) is 18.6 Å². The van der Waals surface area contributed by atoms with Gasteiger partial charge in [-0.05, 0) is 13.3 Å². The van der Waals surface area contributed by atoms with Gasteiger partial charge in [-0.2, -0.15) is 0 Å². The van der Waals surface area contributed by atoms with E-state index in [1.54, 1.807) is 20.2 Å². The van der Waals surface area contributed by atoms with Crippen LogP contribution in [0.3, 0.4) is 0 Å². The van der Waals surface area contributed by atoms with Gasteiger partial charge in [0.1, 0.15) is 17.8 Å². The lowest BCUT2D eigenvalue weighted by molar-refractivity contribution is 0.0822. The van der Waals surface area contributed by atoms with E-state index in [1.807, 2.05) is 18.9 Å². The maximum absolute atomic E-state index is 11.8. The van der Waals surface area contributed by atoms with E-state index >= 15 is 0 Å². The lowest BCUT2D eigenvalue weighted by Gasteiger charge is -2.25. The molecule has 100 valence electrons. The van der Waals surface area contributed by atoms with E-state index in [2.05, 4.69) is 9.97 Å². The number of aliphatic hydroxyl groups is 1. The molecule has 0 radical (unpaired) electrons. The van der Waals surface area contributed by atoms with Crippen LogP contribution in [0.15, 0.2) is 12.4 Å². The Bertz CT molecular complexity index is 409. The number of carbonyl (C=O) groups is 1. The fraction of sp³-hybridized carbons (Fsp3) is 0.583. The van der Waals surface area contributed by atoms with Gasteiger partial charge in [-0.3, -0.25) is 4.79 Å². The highest BCUT2D eigenvalue weighted by molar-refractivity contribution is 5.92. The Morgan fingerprint density at radius 3 is 2.61 bits per heavy atom. The SMILES string of the molecule is CC(CCO)N(C)c1cc(C(=O)N(C)C)ncn1. The molecule has 1 N–H and O–H groups in total. The van der Waals surface area contributed by atoms with Crippen LogP contribution in [0.5, 0.6) is 0 Å². The Kier molecular flexibility index (Phi) is 5.03. The smallest absolute Gasteiger partial charge is 0.272 e. The molecule has 0 bridgehead atoms. The highest BCUT2D eigenvalue weighted by Gasteiger charge is 2.15. The summed E-state index contributed by atoms with van der Waals surface area (Å²) in [4.78, 5) is 23.3. The number of anilines is 1. The number of carbonyl (C=O) groups excluding carboxylic acids is 1. The summed E-state index contributed by atoms with van der Waals surface area (Å²) >= 11 is 0. The lowest BCUT2D eigenvalue weighted by Crippen LogP contribution is -2.31. The molecule has 6 nitrogen and oxygen atoms in total. The fourth-order valence-electron chi connectivity index (χ4n) is 1.49. The predicted molar refractivity (Wildman–Crippen MR) is 69.6 cm³/mol. The summed E-state index contributed by atoms with van der Waals surface area (Å²) in [5, 5.41) is 8.93. The van der Waals surface area contributed by atoms with Gasteiger partial charge in [-0.1, -0.05) is 0 Å². The number of rotatable bonds is 5. The van der Waals surface area contributed by atoms with Crippen molar-refractivity contribution < 1.29 is 9.90 Å². The summed E-state index contributed by atoms with van der Waals surface area (Å²) in [6, 6.07) is 1.81. The second-order valence-electron chi connectivity index (χ2n) is 4.43. The molecule has 0 spiro atoms. The summed E-state index contributed by atoms with van der Waals surface area (Å²) in [6.45, 7) is 2.12. The van der Waals surface area contributed by atoms with E-state index in [9.17, 15) is 4.79 Å². The van der Waals surface area contributed by atoms with Crippen LogP contribution < -0.4 is 4.90 Å². The highest BCUT2D eigenvalue weighted by Crippen LogP contribution is 2.14. The third kappa shape index (κ3) is 3.40. The minimum absolute atomic E-state index is 0.125. The second kappa shape index (κ2) is 6.30. The van der Waals surface area contributed by atoms with Gasteiger partial charge >= 0.3 is 0 Å². The molecular formula is C12H20N4O2. The molecule has 0 aliphatic carbocycles. The van der Waals surface area contributed by atoms with Crippen molar-refractivity contribution in [2.24, 2.45) is 0 Å². The zero-order valence-electron chi connectivity index (χ0n) is 11.3. The van der Waals surface area contributed by atoms with Crippen molar-refractivity contribution in [2.45, 2.75) is 19.4 Å². The third-order valence-electron chi connectivity index (χ3n) is 2.85. The molecule has 18 heavy (non-hydrogen) atoms. The molecule has 0 aromatic carbocycles. The van der Waals surface area contributed by atoms with Crippen molar-refractivity contribution in [2.75, 3.05) is 32.6 Å². The largest absolute Gasteiger partial charge is 0.396 e. The number of hydrogen-bond donors (Lipinski definition) is 1. The average Bonchev–Trinajstić information content (AvgIpc) is 2.37. The Balaban J connectivity index is 2.91. The first-order valence-electron chi connectivity index (χ1n) is 5.84. The van der Waals surface area contributed by atoms with Crippen molar-refractivity contribution in [1.82, 2.24) is 14.9 Å². The number of amides is 1. The summed E-state index contributed by atoms with van der Waals surface area (Å²) < 4.78 is 0. The molecule has 1 amide bonds. The minimum atomic E-state index is -0.151. The molecule has 1 rings (SSSR count). The summed E-state index contributed by atoms with van der Waals surface area (Å²) in [6.07, 6.45) is 2.03. The van der Waals surface area contributed by atoms with Crippen LogP contribution in [0, 0.1) is 0 Å². The van der Waals surface area contributed by atoms with Crippen molar-refractivity contribution >= 4 is 11.7 Å².